The predicted molar refractivity (Wildman–Crippen MR) is 85.7 cm³/mol. The first kappa shape index (κ1) is 13.6. The second-order valence-electron chi connectivity index (χ2n) is 7.37. The molecule has 1 N–H and O–H groups in total. The molecule has 2 saturated carbocycles. The molecule has 0 amide bonds. The molecule has 2 fully saturated rings. The lowest BCUT2D eigenvalue weighted by Crippen LogP contribution is -2.37. The Morgan fingerprint density at radius 1 is 1.29 bits per heavy atom. The topological polar surface area (TPSA) is 21.3 Å². The van der Waals surface area contributed by atoms with Gasteiger partial charge in [-0.1, -0.05) is 18.6 Å². The third-order valence-electron chi connectivity index (χ3n) is 6.07. The number of rotatable bonds is 5. The molecular formula is C19H27NO. The number of hydrogen-bond acceptors (Lipinski definition) is 2. The molecule has 1 aromatic rings. The van der Waals surface area contributed by atoms with Crippen molar-refractivity contribution < 1.29 is 4.74 Å². The molecule has 114 valence electrons. The minimum atomic E-state index is 0.693. The van der Waals surface area contributed by atoms with Gasteiger partial charge in [0.25, 0.3) is 0 Å². The van der Waals surface area contributed by atoms with E-state index >= 15 is 0 Å². The SMILES string of the molecule is CC(NCCc1ccc2c(c1)CCO2)C1CC2CCC1C2. The van der Waals surface area contributed by atoms with Crippen LogP contribution in [0, 0.1) is 17.8 Å². The Balaban J connectivity index is 1.27. The molecule has 2 bridgehead atoms. The third kappa shape index (κ3) is 2.70. The molecule has 4 rings (SSSR count). The van der Waals surface area contributed by atoms with Crippen LogP contribution in [0.3, 0.4) is 0 Å². The van der Waals surface area contributed by atoms with Crippen molar-refractivity contribution in [1.29, 1.82) is 0 Å². The van der Waals surface area contributed by atoms with Crippen LogP contribution in [0.4, 0.5) is 0 Å². The second kappa shape index (κ2) is 5.64. The van der Waals surface area contributed by atoms with Gasteiger partial charge in [0, 0.05) is 12.5 Å². The van der Waals surface area contributed by atoms with Gasteiger partial charge in [0.05, 0.1) is 6.61 Å². The fourth-order valence-corrected chi connectivity index (χ4v) is 4.90. The van der Waals surface area contributed by atoms with E-state index in [2.05, 4.69) is 30.4 Å². The number of fused-ring (bicyclic) bond motifs is 3. The standard InChI is InChI=1S/C19H27NO/c1-13(18-12-15-2-4-16(18)11-15)20-8-6-14-3-5-19-17(10-14)7-9-21-19/h3,5,10,13,15-16,18,20H,2,4,6-9,11-12H2,1H3. The first-order chi connectivity index (χ1) is 10.3. The van der Waals surface area contributed by atoms with Crippen LogP contribution < -0.4 is 10.1 Å². The Hall–Kier alpha value is -1.02. The molecule has 1 heterocycles. The van der Waals surface area contributed by atoms with Gasteiger partial charge in [0.1, 0.15) is 5.75 Å². The van der Waals surface area contributed by atoms with Crippen LogP contribution in [-0.4, -0.2) is 19.2 Å². The highest BCUT2D eigenvalue weighted by molar-refractivity contribution is 5.39. The van der Waals surface area contributed by atoms with Crippen LogP contribution in [0.5, 0.6) is 5.75 Å². The van der Waals surface area contributed by atoms with Crippen molar-refractivity contribution in [3.63, 3.8) is 0 Å². The zero-order chi connectivity index (χ0) is 14.2. The number of benzene rings is 1. The number of nitrogens with one attached hydrogen (secondary N) is 1. The smallest absolute Gasteiger partial charge is 0.122 e. The van der Waals surface area contributed by atoms with Crippen LogP contribution in [-0.2, 0) is 12.8 Å². The van der Waals surface area contributed by atoms with E-state index in [0.717, 1.165) is 49.5 Å². The minimum Gasteiger partial charge on any atom is -0.493 e. The molecule has 3 aliphatic rings. The van der Waals surface area contributed by atoms with Crippen molar-refractivity contribution in [2.24, 2.45) is 17.8 Å². The molecule has 0 radical (unpaired) electrons. The van der Waals surface area contributed by atoms with E-state index < -0.39 is 0 Å². The summed E-state index contributed by atoms with van der Waals surface area (Å²) in [7, 11) is 0. The van der Waals surface area contributed by atoms with Gasteiger partial charge in [0.15, 0.2) is 0 Å². The Bertz CT molecular complexity index is 512. The molecule has 21 heavy (non-hydrogen) atoms. The van der Waals surface area contributed by atoms with E-state index in [1.165, 1.54) is 36.8 Å². The zero-order valence-corrected chi connectivity index (χ0v) is 13.1. The fourth-order valence-electron chi connectivity index (χ4n) is 4.90. The van der Waals surface area contributed by atoms with Crippen LogP contribution in [0.2, 0.25) is 0 Å². The summed E-state index contributed by atoms with van der Waals surface area (Å²) in [4.78, 5) is 0. The van der Waals surface area contributed by atoms with Gasteiger partial charge in [0.2, 0.25) is 0 Å². The maximum atomic E-state index is 5.58. The maximum absolute atomic E-state index is 5.58. The fraction of sp³-hybridized carbons (Fsp3) is 0.684. The van der Waals surface area contributed by atoms with Gasteiger partial charge in [-0.3, -0.25) is 0 Å². The van der Waals surface area contributed by atoms with E-state index in [1.54, 1.807) is 0 Å². The monoisotopic (exact) mass is 285 g/mol. The summed E-state index contributed by atoms with van der Waals surface area (Å²) in [6.45, 7) is 4.37. The summed E-state index contributed by atoms with van der Waals surface area (Å²) in [6.07, 6.45) is 8.21. The third-order valence-corrected chi connectivity index (χ3v) is 6.07. The Morgan fingerprint density at radius 3 is 3.05 bits per heavy atom. The van der Waals surface area contributed by atoms with Crippen LogP contribution in [0.25, 0.3) is 0 Å². The molecule has 0 aromatic heterocycles. The highest BCUT2D eigenvalue weighted by Gasteiger charge is 2.41. The average molecular weight is 285 g/mol. The zero-order valence-electron chi connectivity index (χ0n) is 13.1. The highest BCUT2D eigenvalue weighted by atomic mass is 16.5. The molecule has 1 aliphatic heterocycles. The number of ether oxygens (including phenoxy) is 1. The lowest BCUT2D eigenvalue weighted by molar-refractivity contribution is 0.261. The summed E-state index contributed by atoms with van der Waals surface area (Å²) in [5.41, 5.74) is 2.85. The molecule has 2 heteroatoms. The normalized spacial score (nSPS) is 31.2. The van der Waals surface area contributed by atoms with Crippen molar-refractivity contribution in [3.05, 3.63) is 29.3 Å². The average Bonchev–Trinajstić information content (AvgIpc) is 3.22. The first-order valence-electron chi connectivity index (χ1n) is 8.77. The first-order valence-corrected chi connectivity index (χ1v) is 8.77. The summed E-state index contributed by atoms with van der Waals surface area (Å²) in [5, 5.41) is 3.79. The van der Waals surface area contributed by atoms with E-state index in [-0.39, 0.29) is 0 Å². The molecule has 4 unspecified atom stereocenters. The minimum absolute atomic E-state index is 0.693. The largest absolute Gasteiger partial charge is 0.493 e. The quantitative estimate of drug-likeness (QED) is 0.893. The molecule has 2 aliphatic carbocycles. The Labute approximate surface area is 128 Å². The van der Waals surface area contributed by atoms with E-state index in [9.17, 15) is 0 Å². The summed E-state index contributed by atoms with van der Waals surface area (Å²) < 4.78 is 5.58. The molecule has 1 aromatic carbocycles. The van der Waals surface area contributed by atoms with Gasteiger partial charge in [-0.15, -0.1) is 0 Å². The van der Waals surface area contributed by atoms with Crippen molar-refractivity contribution in [2.45, 2.75) is 51.5 Å². The van der Waals surface area contributed by atoms with Crippen molar-refractivity contribution in [3.8, 4) is 5.75 Å². The molecular weight excluding hydrogens is 258 g/mol. The van der Waals surface area contributed by atoms with Gasteiger partial charge in [-0.05, 0) is 74.1 Å². The van der Waals surface area contributed by atoms with E-state index in [0.29, 0.717) is 6.04 Å². The molecule has 0 spiro atoms. The predicted octanol–water partition coefficient (Wildman–Crippen LogP) is 3.58. The summed E-state index contributed by atoms with van der Waals surface area (Å²) in [5.74, 6) is 4.12. The van der Waals surface area contributed by atoms with Gasteiger partial charge >= 0.3 is 0 Å². The molecule has 0 saturated heterocycles. The molecule has 4 atom stereocenters. The van der Waals surface area contributed by atoms with Crippen molar-refractivity contribution in [2.75, 3.05) is 13.2 Å². The Morgan fingerprint density at radius 2 is 2.24 bits per heavy atom. The highest BCUT2D eigenvalue weighted by Crippen LogP contribution is 2.49. The second-order valence-corrected chi connectivity index (χ2v) is 7.37. The van der Waals surface area contributed by atoms with Crippen LogP contribution in [0.1, 0.15) is 43.7 Å². The van der Waals surface area contributed by atoms with E-state index in [1.807, 2.05) is 0 Å². The van der Waals surface area contributed by atoms with E-state index in [4.69, 9.17) is 4.74 Å². The Kier molecular flexibility index (Phi) is 3.66. The molecule has 2 nitrogen and oxygen atoms in total. The van der Waals surface area contributed by atoms with Gasteiger partial charge in [-0.25, -0.2) is 0 Å². The van der Waals surface area contributed by atoms with Crippen LogP contribution >= 0.6 is 0 Å². The van der Waals surface area contributed by atoms with Crippen LogP contribution in [0.15, 0.2) is 18.2 Å². The summed E-state index contributed by atoms with van der Waals surface area (Å²) >= 11 is 0. The lowest BCUT2D eigenvalue weighted by atomic mass is 9.84. The van der Waals surface area contributed by atoms with Crippen molar-refractivity contribution >= 4 is 0 Å². The van der Waals surface area contributed by atoms with Gasteiger partial charge < -0.3 is 10.1 Å². The van der Waals surface area contributed by atoms with Gasteiger partial charge in [-0.2, -0.15) is 0 Å². The summed E-state index contributed by atoms with van der Waals surface area (Å²) in [6, 6.07) is 7.41. The lowest BCUT2D eigenvalue weighted by Gasteiger charge is -2.28. The number of hydrogen-bond donors (Lipinski definition) is 1. The maximum Gasteiger partial charge on any atom is 0.122 e. The van der Waals surface area contributed by atoms with Crippen molar-refractivity contribution in [1.82, 2.24) is 5.32 Å².